The molecular formula is C14H18N2O2. The molecule has 4 heteroatoms. The Morgan fingerprint density at radius 3 is 2.67 bits per heavy atom. The Labute approximate surface area is 107 Å². The van der Waals surface area contributed by atoms with E-state index in [-0.39, 0.29) is 5.41 Å². The molecule has 2 N–H and O–H groups in total. The Bertz CT molecular complexity index is 456. The maximum absolute atomic E-state index is 8.83. The van der Waals surface area contributed by atoms with Crippen molar-refractivity contribution >= 4 is 0 Å². The molecule has 0 spiro atoms. The van der Waals surface area contributed by atoms with Gasteiger partial charge in [-0.25, -0.2) is 0 Å². The van der Waals surface area contributed by atoms with Gasteiger partial charge in [0, 0.05) is 18.0 Å². The summed E-state index contributed by atoms with van der Waals surface area (Å²) < 4.78 is 11.0. The Kier molecular flexibility index (Phi) is 3.73. The summed E-state index contributed by atoms with van der Waals surface area (Å²) in [5, 5.41) is 8.83. The Morgan fingerprint density at radius 2 is 2.17 bits per heavy atom. The summed E-state index contributed by atoms with van der Waals surface area (Å²) in [4.78, 5) is 0. The molecular weight excluding hydrogens is 228 g/mol. The quantitative estimate of drug-likeness (QED) is 0.863. The van der Waals surface area contributed by atoms with Gasteiger partial charge < -0.3 is 15.2 Å². The topological polar surface area (TPSA) is 68.3 Å². The highest BCUT2D eigenvalue weighted by Gasteiger charge is 2.36. The van der Waals surface area contributed by atoms with Gasteiger partial charge >= 0.3 is 0 Å². The summed E-state index contributed by atoms with van der Waals surface area (Å²) in [5.41, 5.74) is 6.50. The summed E-state index contributed by atoms with van der Waals surface area (Å²) in [5.74, 6) is 1.27. The van der Waals surface area contributed by atoms with Gasteiger partial charge in [0.05, 0.1) is 25.3 Å². The third-order valence-electron chi connectivity index (χ3n) is 3.67. The fourth-order valence-electron chi connectivity index (χ4n) is 2.17. The van der Waals surface area contributed by atoms with Crippen molar-refractivity contribution in [3.05, 3.63) is 23.8 Å². The molecule has 0 aliphatic heterocycles. The lowest BCUT2D eigenvalue weighted by Gasteiger charge is -2.40. The number of methoxy groups -OCH3 is 1. The standard InChI is InChI=1S/C14H18N2O2/c1-17-13-7-11(8-15)3-4-12(13)18-10-14(9-16)5-2-6-14/h3-4,7H,2,5-6,9-10,16H2,1H3. The summed E-state index contributed by atoms with van der Waals surface area (Å²) in [6.45, 7) is 1.28. The van der Waals surface area contributed by atoms with E-state index in [9.17, 15) is 0 Å². The number of hydrogen-bond donors (Lipinski definition) is 1. The van der Waals surface area contributed by atoms with Crippen LogP contribution in [-0.2, 0) is 0 Å². The summed E-state index contributed by atoms with van der Waals surface area (Å²) in [6.07, 6.45) is 3.48. The Hall–Kier alpha value is -1.73. The van der Waals surface area contributed by atoms with Crippen LogP contribution in [0.1, 0.15) is 24.8 Å². The first-order valence-electron chi connectivity index (χ1n) is 6.14. The minimum Gasteiger partial charge on any atom is -0.493 e. The van der Waals surface area contributed by atoms with Crippen LogP contribution in [0.3, 0.4) is 0 Å². The molecule has 4 nitrogen and oxygen atoms in total. The highest BCUT2D eigenvalue weighted by molar-refractivity contribution is 5.46. The van der Waals surface area contributed by atoms with Crippen molar-refractivity contribution in [1.82, 2.24) is 0 Å². The molecule has 18 heavy (non-hydrogen) atoms. The minimum absolute atomic E-state index is 0.138. The lowest BCUT2D eigenvalue weighted by molar-refractivity contribution is 0.0652. The molecule has 0 amide bonds. The van der Waals surface area contributed by atoms with E-state index in [1.165, 1.54) is 6.42 Å². The molecule has 1 aromatic rings. The second kappa shape index (κ2) is 5.28. The highest BCUT2D eigenvalue weighted by Crippen LogP contribution is 2.41. The van der Waals surface area contributed by atoms with Gasteiger partial charge in [-0.15, -0.1) is 0 Å². The normalized spacial score (nSPS) is 16.5. The van der Waals surface area contributed by atoms with Gasteiger partial charge in [-0.2, -0.15) is 5.26 Å². The van der Waals surface area contributed by atoms with Crippen LogP contribution in [0, 0.1) is 16.7 Å². The number of nitrogens with two attached hydrogens (primary N) is 1. The Morgan fingerprint density at radius 1 is 1.39 bits per heavy atom. The number of nitrogens with zero attached hydrogens (tertiary/aromatic N) is 1. The molecule has 1 aromatic carbocycles. The predicted molar refractivity (Wildman–Crippen MR) is 68.5 cm³/mol. The molecule has 0 heterocycles. The zero-order valence-electron chi connectivity index (χ0n) is 10.6. The average molecular weight is 246 g/mol. The van der Waals surface area contributed by atoms with E-state index in [0.29, 0.717) is 30.2 Å². The van der Waals surface area contributed by atoms with Crippen LogP contribution in [-0.4, -0.2) is 20.3 Å². The lowest BCUT2D eigenvalue weighted by Crippen LogP contribution is -2.42. The van der Waals surface area contributed by atoms with Crippen LogP contribution in [0.4, 0.5) is 0 Å². The van der Waals surface area contributed by atoms with Gasteiger partial charge in [0.15, 0.2) is 11.5 Å². The first-order valence-corrected chi connectivity index (χ1v) is 6.14. The first-order chi connectivity index (χ1) is 8.73. The lowest BCUT2D eigenvalue weighted by atomic mass is 9.69. The third-order valence-corrected chi connectivity index (χ3v) is 3.67. The van der Waals surface area contributed by atoms with E-state index in [0.717, 1.165) is 12.8 Å². The Balaban J connectivity index is 2.07. The average Bonchev–Trinajstić information content (AvgIpc) is 2.38. The number of ether oxygens (including phenoxy) is 2. The van der Waals surface area contributed by atoms with Crippen LogP contribution >= 0.6 is 0 Å². The fraction of sp³-hybridized carbons (Fsp3) is 0.500. The summed E-state index contributed by atoms with van der Waals surface area (Å²) >= 11 is 0. The molecule has 0 saturated heterocycles. The molecule has 1 aliphatic rings. The summed E-state index contributed by atoms with van der Waals surface area (Å²) in [6, 6.07) is 7.27. The predicted octanol–water partition coefficient (Wildman–Crippen LogP) is 2.07. The van der Waals surface area contributed by atoms with Gasteiger partial charge in [0.25, 0.3) is 0 Å². The van der Waals surface area contributed by atoms with Crippen LogP contribution in [0.5, 0.6) is 11.5 Å². The van der Waals surface area contributed by atoms with E-state index < -0.39 is 0 Å². The van der Waals surface area contributed by atoms with Crippen molar-refractivity contribution in [2.75, 3.05) is 20.3 Å². The first kappa shape index (κ1) is 12.7. The van der Waals surface area contributed by atoms with Crippen molar-refractivity contribution in [3.63, 3.8) is 0 Å². The largest absolute Gasteiger partial charge is 0.493 e. The molecule has 0 aromatic heterocycles. The zero-order chi connectivity index (χ0) is 13.0. The van der Waals surface area contributed by atoms with Crippen molar-refractivity contribution in [2.24, 2.45) is 11.1 Å². The summed E-state index contributed by atoms with van der Waals surface area (Å²) in [7, 11) is 1.57. The van der Waals surface area contributed by atoms with Crippen molar-refractivity contribution in [1.29, 1.82) is 5.26 Å². The van der Waals surface area contributed by atoms with E-state index in [1.54, 1.807) is 25.3 Å². The molecule has 1 aliphatic carbocycles. The zero-order valence-corrected chi connectivity index (χ0v) is 10.6. The fourth-order valence-corrected chi connectivity index (χ4v) is 2.17. The minimum atomic E-state index is 0.138. The molecule has 0 radical (unpaired) electrons. The molecule has 0 bridgehead atoms. The van der Waals surface area contributed by atoms with Crippen molar-refractivity contribution in [3.8, 4) is 17.6 Å². The van der Waals surface area contributed by atoms with Gasteiger partial charge in [-0.05, 0) is 25.0 Å². The monoisotopic (exact) mass is 246 g/mol. The molecule has 0 unspecified atom stereocenters. The second-order valence-corrected chi connectivity index (χ2v) is 4.82. The van der Waals surface area contributed by atoms with Gasteiger partial charge in [0.2, 0.25) is 0 Å². The maximum atomic E-state index is 8.83. The van der Waals surface area contributed by atoms with Crippen LogP contribution in [0.25, 0.3) is 0 Å². The number of benzene rings is 1. The van der Waals surface area contributed by atoms with Gasteiger partial charge in [-0.1, -0.05) is 6.42 Å². The van der Waals surface area contributed by atoms with Crippen molar-refractivity contribution in [2.45, 2.75) is 19.3 Å². The van der Waals surface area contributed by atoms with E-state index in [1.807, 2.05) is 0 Å². The molecule has 1 fully saturated rings. The van der Waals surface area contributed by atoms with Crippen LogP contribution < -0.4 is 15.2 Å². The SMILES string of the molecule is COc1cc(C#N)ccc1OCC1(CN)CCC1. The number of nitriles is 1. The van der Waals surface area contributed by atoms with Gasteiger partial charge in [0.1, 0.15) is 0 Å². The smallest absolute Gasteiger partial charge is 0.162 e. The van der Waals surface area contributed by atoms with E-state index >= 15 is 0 Å². The maximum Gasteiger partial charge on any atom is 0.162 e. The van der Waals surface area contributed by atoms with Crippen LogP contribution in [0.2, 0.25) is 0 Å². The third kappa shape index (κ3) is 2.41. The molecule has 0 atom stereocenters. The molecule has 96 valence electrons. The number of hydrogen-bond acceptors (Lipinski definition) is 4. The highest BCUT2D eigenvalue weighted by atomic mass is 16.5. The van der Waals surface area contributed by atoms with E-state index in [4.69, 9.17) is 20.5 Å². The molecule has 1 saturated carbocycles. The van der Waals surface area contributed by atoms with Crippen LogP contribution in [0.15, 0.2) is 18.2 Å². The van der Waals surface area contributed by atoms with Crippen molar-refractivity contribution < 1.29 is 9.47 Å². The van der Waals surface area contributed by atoms with E-state index in [2.05, 4.69) is 6.07 Å². The second-order valence-electron chi connectivity index (χ2n) is 4.82. The number of rotatable bonds is 5. The molecule has 2 rings (SSSR count). The van der Waals surface area contributed by atoms with Gasteiger partial charge in [-0.3, -0.25) is 0 Å².